The van der Waals surface area contributed by atoms with Crippen LogP contribution in [0.1, 0.15) is 86.1 Å². The number of aliphatic hydroxyl groups excluding tert-OH is 1. The first-order valence-corrected chi connectivity index (χ1v) is 13.5. The molecule has 1 N–H and O–H groups in total. The van der Waals surface area contributed by atoms with Crippen molar-refractivity contribution in [1.82, 2.24) is 9.80 Å². The largest absolute Gasteiger partial charge is 0.458 e. The first-order chi connectivity index (χ1) is 17.7. The molecule has 1 aliphatic rings. The van der Waals surface area contributed by atoms with Crippen molar-refractivity contribution in [1.29, 1.82) is 0 Å². The van der Waals surface area contributed by atoms with Gasteiger partial charge in [0, 0.05) is 19.2 Å². The van der Waals surface area contributed by atoms with E-state index in [1.165, 1.54) is 4.90 Å². The lowest BCUT2D eigenvalue weighted by atomic mass is 9.92. The molecule has 1 aromatic rings. The summed E-state index contributed by atoms with van der Waals surface area (Å²) in [4.78, 5) is 42.8. The van der Waals surface area contributed by atoms with Crippen LogP contribution >= 0.6 is 0 Å². The highest BCUT2D eigenvalue weighted by Crippen LogP contribution is 2.29. The number of hydrogen-bond acceptors (Lipinski definition) is 7. The van der Waals surface area contributed by atoms with Crippen LogP contribution in [-0.4, -0.2) is 75.5 Å². The minimum absolute atomic E-state index is 0.0247. The summed E-state index contributed by atoms with van der Waals surface area (Å²) in [6.45, 7) is 12.5. The van der Waals surface area contributed by atoms with Crippen LogP contribution in [0.5, 0.6) is 0 Å². The third kappa shape index (κ3) is 10.2. The molecule has 9 heteroatoms. The summed E-state index contributed by atoms with van der Waals surface area (Å²) in [5.41, 5.74) is -0.602. The molecule has 1 aliphatic heterocycles. The van der Waals surface area contributed by atoms with Gasteiger partial charge >= 0.3 is 18.2 Å². The van der Waals surface area contributed by atoms with Gasteiger partial charge in [0.25, 0.3) is 0 Å². The minimum Gasteiger partial charge on any atom is -0.458 e. The lowest BCUT2D eigenvalue weighted by molar-refractivity contribution is -0.160. The Morgan fingerprint density at radius 1 is 1.00 bits per heavy atom. The number of piperidine rings is 1. The third-order valence-corrected chi connectivity index (χ3v) is 6.22. The molecule has 0 bridgehead atoms. The fraction of sp³-hybridized carbons (Fsp3) is 0.690. The molecule has 2 rings (SSSR count). The maximum atomic E-state index is 13.4. The van der Waals surface area contributed by atoms with E-state index in [0.717, 1.165) is 18.4 Å². The van der Waals surface area contributed by atoms with Crippen LogP contribution in [0.15, 0.2) is 30.3 Å². The maximum absolute atomic E-state index is 13.4. The second-order valence-corrected chi connectivity index (χ2v) is 11.9. The van der Waals surface area contributed by atoms with Gasteiger partial charge in [-0.15, -0.1) is 0 Å². The number of amides is 2. The van der Waals surface area contributed by atoms with E-state index in [-0.39, 0.29) is 25.8 Å². The molecule has 214 valence electrons. The SMILES string of the molecule is C[C@@H](C(=O)OC(C)(C)C)N(C[C@@H]1CCC[C@H](CCCO)N1C(=O)OC(C)(C)C)C(=O)OCc1ccccc1. The van der Waals surface area contributed by atoms with E-state index in [1.807, 2.05) is 51.1 Å². The van der Waals surface area contributed by atoms with Crippen molar-refractivity contribution in [2.45, 2.75) is 117 Å². The minimum atomic E-state index is -0.934. The molecule has 1 aromatic carbocycles. The monoisotopic (exact) mass is 534 g/mol. The quantitative estimate of drug-likeness (QED) is 0.339. The molecule has 2 amide bonds. The van der Waals surface area contributed by atoms with Crippen molar-refractivity contribution in [2.24, 2.45) is 0 Å². The van der Waals surface area contributed by atoms with Gasteiger partial charge in [0.1, 0.15) is 23.9 Å². The summed E-state index contributed by atoms with van der Waals surface area (Å²) in [5.74, 6) is -0.550. The van der Waals surface area contributed by atoms with E-state index in [1.54, 1.807) is 32.6 Å². The predicted molar refractivity (Wildman–Crippen MR) is 144 cm³/mol. The fourth-order valence-corrected chi connectivity index (χ4v) is 4.50. The van der Waals surface area contributed by atoms with E-state index in [0.29, 0.717) is 19.3 Å². The molecule has 0 spiro atoms. The highest BCUT2D eigenvalue weighted by Gasteiger charge is 2.40. The lowest BCUT2D eigenvalue weighted by Gasteiger charge is -2.44. The normalized spacial score (nSPS) is 18.9. The zero-order valence-electron chi connectivity index (χ0n) is 24.1. The number of ether oxygens (including phenoxy) is 3. The second kappa shape index (κ2) is 13.8. The topological polar surface area (TPSA) is 106 Å². The smallest absolute Gasteiger partial charge is 0.410 e. The Kier molecular flexibility index (Phi) is 11.4. The van der Waals surface area contributed by atoms with Gasteiger partial charge in [-0.1, -0.05) is 30.3 Å². The van der Waals surface area contributed by atoms with Crippen LogP contribution in [0.3, 0.4) is 0 Å². The van der Waals surface area contributed by atoms with E-state index in [9.17, 15) is 19.5 Å². The summed E-state index contributed by atoms with van der Waals surface area (Å²) >= 11 is 0. The summed E-state index contributed by atoms with van der Waals surface area (Å²) in [6, 6.07) is 7.83. The van der Waals surface area contributed by atoms with Crippen molar-refractivity contribution in [3.8, 4) is 0 Å². The van der Waals surface area contributed by atoms with Gasteiger partial charge in [0.05, 0.1) is 6.04 Å². The number of likely N-dealkylation sites (tertiary alicyclic amines) is 1. The van der Waals surface area contributed by atoms with Crippen molar-refractivity contribution < 1.29 is 33.7 Å². The van der Waals surface area contributed by atoms with Gasteiger partial charge in [-0.25, -0.2) is 14.4 Å². The molecule has 0 aliphatic carbocycles. The fourth-order valence-electron chi connectivity index (χ4n) is 4.50. The van der Waals surface area contributed by atoms with E-state index in [4.69, 9.17) is 14.2 Å². The maximum Gasteiger partial charge on any atom is 0.410 e. The van der Waals surface area contributed by atoms with Crippen LogP contribution < -0.4 is 0 Å². The van der Waals surface area contributed by atoms with Gasteiger partial charge in [-0.05, 0) is 86.1 Å². The number of aliphatic hydroxyl groups is 1. The average molecular weight is 535 g/mol. The van der Waals surface area contributed by atoms with E-state index >= 15 is 0 Å². The van der Waals surface area contributed by atoms with Crippen molar-refractivity contribution >= 4 is 18.2 Å². The first kappa shape index (κ1) is 31.4. The molecule has 1 saturated heterocycles. The Morgan fingerprint density at radius 2 is 1.61 bits per heavy atom. The molecule has 0 radical (unpaired) electrons. The number of benzene rings is 1. The predicted octanol–water partition coefficient (Wildman–Crippen LogP) is 5.29. The van der Waals surface area contributed by atoms with Crippen LogP contribution in [0.25, 0.3) is 0 Å². The number of esters is 1. The van der Waals surface area contributed by atoms with Crippen LogP contribution in [0.4, 0.5) is 9.59 Å². The summed E-state index contributed by atoms with van der Waals surface area (Å²) in [7, 11) is 0. The van der Waals surface area contributed by atoms with Crippen molar-refractivity contribution in [2.75, 3.05) is 13.2 Å². The molecule has 1 heterocycles. The first-order valence-electron chi connectivity index (χ1n) is 13.5. The highest BCUT2D eigenvalue weighted by atomic mass is 16.6. The number of carbonyl (C=O) groups is 3. The van der Waals surface area contributed by atoms with Crippen LogP contribution in [-0.2, 0) is 25.6 Å². The Hall–Kier alpha value is -2.81. The third-order valence-electron chi connectivity index (χ3n) is 6.22. The zero-order valence-corrected chi connectivity index (χ0v) is 24.1. The average Bonchev–Trinajstić information content (AvgIpc) is 2.82. The van der Waals surface area contributed by atoms with Crippen LogP contribution in [0.2, 0.25) is 0 Å². The van der Waals surface area contributed by atoms with Crippen molar-refractivity contribution in [3.63, 3.8) is 0 Å². The van der Waals surface area contributed by atoms with Gasteiger partial charge in [0.15, 0.2) is 0 Å². The number of rotatable bonds is 9. The summed E-state index contributed by atoms with van der Waals surface area (Å²) in [6.07, 6.45) is 2.30. The number of nitrogens with zero attached hydrogens (tertiary/aromatic N) is 2. The highest BCUT2D eigenvalue weighted by molar-refractivity contribution is 5.81. The molecule has 0 unspecified atom stereocenters. The van der Waals surface area contributed by atoms with Crippen molar-refractivity contribution in [3.05, 3.63) is 35.9 Å². The molecule has 0 aromatic heterocycles. The molecular weight excluding hydrogens is 488 g/mol. The Labute approximate surface area is 227 Å². The zero-order chi connectivity index (χ0) is 28.5. The lowest BCUT2D eigenvalue weighted by Crippen LogP contribution is -2.58. The van der Waals surface area contributed by atoms with Gasteiger partial charge in [-0.2, -0.15) is 0 Å². The summed E-state index contributed by atoms with van der Waals surface area (Å²) < 4.78 is 16.9. The Morgan fingerprint density at radius 3 is 2.18 bits per heavy atom. The molecule has 0 saturated carbocycles. The van der Waals surface area contributed by atoms with Gasteiger partial charge in [0.2, 0.25) is 0 Å². The summed E-state index contributed by atoms with van der Waals surface area (Å²) in [5, 5.41) is 9.42. The van der Waals surface area contributed by atoms with Gasteiger partial charge < -0.3 is 24.2 Å². The van der Waals surface area contributed by atoms with Gasteiger partial charge in [-0.3, -0.25) is 4.90 Å². The van der Waals surface area contributed by atoms with Crippen LogP contribution in [0, 0.1) is 0 Å². The molecule has 3 atom stereocenters. The Balaban J connectivity index is 2.33. The second-order valence-electron chi connectivity index (χ2n) is 11.9. The molecule has 38 heavy (non-hydrogen) atoms. The molecular formula is C29H46N2O7. The van der Waals surface area contributed by atoms with E-state index in [2.05, 4.69) is 0 Å². The standard InChI is InChI=1S/C29H46N2O7/c1-21(25(33)37-28(2,3)4)30(26(34)36-20-22-13-9-8-10-14-22)19-24-16-11-15-23(17-12-18-32)31(24)27(35)38-29(5,6)7/h8-10,13-14,21,23-24,32H,11-12,15-20H2,1-7H3/t21-,23+,24-/m0/s1. The number of carbonyl (C=O) groups excluding carboxylic acids is 3. The molecule has 9 nitrogen and oxygen atoms in total. The Bertz CT molecular complexity index is 908. The number of hydrogen-bond donors (Lipinski definition) is 1. The molecule has 1 fully saturated rings. The van der Waals surface area contributed by atoms with E-state index < -0.39 is 41.4 Å².